The molecule has 2 N–H and O–H groups in total. The predicted octanol–water partition coefficient (Wildman–Crippen LogP) is 0.165. The van der Waals surface area contributed by atoms with Crippen molar-refractivity contribution in [1.82, 2.24) is 20.3 Å². The van der Waals surface area contributed by atoms with Crippen LogP contribution in [0.15, 0.2) is 12.4 Å². The molecular weight excluding hydrogens is 248 g/mol. The molecule has 0 saturated carbocycles. The number of aromatic nitrogens is 3. The van der Waals surface area contributed by atoms with Gasteiger partial charge in [-0.2, -0.15) is 0 Å². The van der Waals surface area contributed by atoms with E-state index in [1.54, 1.807) is 27.0 Å². The zero-order valence-corrected chi connectivity index (χ0v) is 11.2. The summed E-state index contributed by atoms with van der Waals surface area (Å²) in [7, 11) is 0. The van der Waals surface area contributed by atoms with E-state index < -0.39 is 23.8 Å². The van der Waals surface area contributed by atoms with Gasteiger partial charge in [0.2, 0.25) is 0 Å². The first kappa shape index (κ1) is 15.0. The molecule has 19 heavy (non-hydrogen) atoms. The maximum absolute atomic E-state index is 11.6. The smallest absolute Gasteiger partial charge is 0.408 e. The second kappa shape index (κ2) is 6.20. The van der Waals surface area contributed by atoms with Crippen molar-refractivity contribution in [3.63, 3.8) is 0 Å². The second-order valence-electron chi connectivity index (χ2n) is 4.98. The lowest BCUT2D eigenvalue weighted by molar-refractivity contribution is 0.0444. The van der Waals surface area contributed by atoms with Gasteiger partial charge in [0.05, 0.1) is 12.7 Å². The monoisotopic (exact) mass is 266 g/mol. The molecule has 7 nitrogen and oxygen atoms in total. The van der Waals surface area contributed by atoms with Crippen molar-refractivity contribution in [2.24, 2.45) is 0 Å². The molecule has 2 atom stereocenters. The Labute approximate surface area is 111 Å². The Morgan fingerprint density at radius 3 is 2.79 bits per heavy atom. The van der Waals surface area contributed by atoms with Gasteiger partial charge in [0.1, 0.15) is 17.7 Å². The lowest BCUT2D eigenvalue weighted by Crippen LogP contribution is -2.46. The summed E-state index contributed by atoms with van der Waals surface area (Å²) in [4.78, 5) is 11.6. The number of terminal acetylenes is 1. The minimum atomic E-state index is -0.987. The summed E-state index contributed by atoms with van der Waals surface area (Å²) in [5.74, 6) is 2.31. The maximum Gasteiger partial charge on any atom is 0.408 e. The number of nitrogens with one attached hydrogen (secondary N) is 1. The van der Waals surface area contributed by atoms with E-state index in [0.29, 0.717) is 0 Å². The molecule has 1 heterocycles. The fourth-order valence-corrected chi connectivity index (χ4v) is 1.31. The van der Waals surface area contributed by atoms with E-state index in [9.17, 15) is 9.90 Å². The topological polar surface area (TPSA) is 89.3 Å². The van der Waals surface area contributed by atoms with Gasteiger partial charge >= 0.3 is 6.09 Å². The zero-order valence-electron chi connectivity index (χ0n) is 11.2. The third kappa shape index (κ3) is 5.40. The lowest BCUT2D eigenvalue weighted by Gasteiger charge is -2.23. The van der Waals surface area contributed by atoms with E-state index in [1.165, 1.54) is 10.9 Å². The van der Waals surface area contributed by atoms with Gasteiger partial charge in [0.25, 0.3) is 0 Å². The van der Waals surface area contributed by atoms with Gasteiger partial charge in [-0.3, -0.25) is 0 Å². The van der Waals surface area contributed by atoms with Crippen LogP contribution in [0.25, 0.3) is 0 Å². The van der Waals surface area contributed by atoms with Crippen molar-refractivity contribution in [2.75, 3.05) is 0 Å². The molecule has 0 saturated heterocycles. The fourth-order valence-electron chi connectivity index (χ4n) is 1.31. The Morgan fingerprint density at radius 2 is 2.32 bits per heavy atom. The SMILES string of the molecule is C#C[C@H](NC(=O)OC(C)(C)C)C(O)Cn1ccnn1. The van der Waals surface area contributed by atoms with Crippen molar-refractivity contribution in [3.8, 4) is 12.3 Å². The van der Waals surface area contributed by atoms with Crippen LogP contribution in [0, 0.1) is 12.3 Å². The summed E-state index contributed by atoms with van der Waals surface area (Å²) in [6.45, 7) is 5.35. The highest BCUT2D eigenvalue weighted by Gasteiger charge is 2.23. The normalized spacial score (nSPS) is 14.3. The number of amides is 1. The highest BCUT2D eigenvalue weighted by atomic mass is 16.6. The third-order valence-electron chi connectivity index (χ3n) is 2.08. The number of hydrogen-bond donors (Lipinski definition) is 2. The number of aliphatic hydroxyl groups excluding tert-OH is 1. The van der Waals surface area contributed by atoms with Gasteiger partial charge in [-0.15, -0.1) is 11.5 Å². The fraction of sp³-hybridized carbons (Fsp3) is 0.583. The summed E-state index contributed by atoms with van der Waals surface area (Å²) in [6.07, 6.45) is 6.70. The van der Waals surface area contributed by atoms with Crippen LogP contribution in [-0.4, -0.2) is 43.9 Å². The molecule has 1 amide bonds. The first-order valence-electron chi connectivity index (χ1n) is 5.79. The highest BCUT2D eigenvalue weighted by molar-refractivity contribution is 5.68. The van der Waals surface area contributed by atoms with Gasteiger partial charge in [-0.05, 0) is 20.8 Å². The molecule has 0 aliphatic heterocycles. The quantitative estimate of drug-likeness (QED) is 0.758. The number of carbonyl (C=O) groups is 1. The van der Waals surface area contributed by atoms with Crippen LogP contribution in [-0.2, 0) is 11.3 Å². The highest BCUT2D eigenvalue weighted by Crippen LogP contribution is 2.07. The molecule has 7 heteroatoms. The van der Waals surface area contributed by atoms with Crippen molar-refractivity contribution in [3.05, 3.63) is 12.4 Å². The average molecular weight is 266 g/mol. The number of alkyl carbamates (subject to hydrolysis) is 1. The third-order valence-corrected chi connectivity index (χ3v) is 2.08. The number of nitrogens with zero attached hydrogens (tertiary/aromatic N) is 3. The predicted molar refractivity (Wildman–Crippen MR) is 68.0 cm³/mol. The van der Waals surface area contributed by atoms with Crippen molar-refractivity contribution in [2.45, 2.75) is 45.1 Å². The van der Waals surface area contributed by atoms with E-state index >= 15 is 0 Å². The first-order valence-corrected chi connectivity index (χ1v) is 5.79. The Morgan fingerprint density at radius 1 is 1.63 bits per heavy atom. The van der Waals surface area contributed by atoms with Crippen LogP contribution in [0.1, 0.15) is 20.8 Å². The Bertz CT molecular complexity index is 445. The number of hydrogen-bond acceptors (Lipinski definition) is 5. The number of carbonyl (C=O) groups excluding carboxylic acids is 1. The van der Waals surface area contributed by atoms with Crippen molar-refractivity contribution in [1.29, 1.82) is 0 Å². The first-order chi connectivity index (χ1) is 8.81. The van der Waals surface area contributed by atoms with Crippen molar-refractivity contribution < 1.29 is 14.6 Å². The molecule has 0 aromatic carbocycles. The van der Waals surface area contributed by atoms with E-state index in [2.05, 4.69) is 21.5 Å². The largest absolute Gasteiger partial charge is 0.444 e. The molecular formula is C12H18N4O3. The second-order valence-corrected chi connectivity index (χ2v) is 4.98. The summed E-state index contributed by atoms with van der Waals surface area (Å²) >= 11 is 0. The average Bonchev–Trinajstić information content (AvgIpc) is 2.75. The van der Waals surface area contributed by atoms with E-state index in [1.807, 2.05) is 0 Å². The van der Waals surface area contributed by atoms with E-state index in [-0.39, 0.29) is 6.54 Å². The number of rotatable bonds is 4. The molecule has 1 unspecified atom stereocenters. The molecule has 0 aliphatic carbocycles. The van der Waals surface area contributed by atoms with Gasteiger partial charge in [-0.25, -0.2) is 9.48 Å². The van der Waals surface area contributed by atoms with Gasteiger partial charge in [0.15, 0.2) is 0 Å². The van der Waals surface area contributed by atoms with Crippen LogP contribution in [0.5, 0.6) is 0 Å². The molecule has 104 valence electrons. The molecule has 0 fully saturated rings. The molecule has 0 bridgehead atoms. The summed E-state index contributed by atoms with van der Waals surface area (Å²) < 4.78 is 6.49. The molecule has 1 aromatic heterocycles. The van der Waals surface area contributed by atoms with Crippen molar-refractivity contribution >= 4 is 6.09 Å². The minimum Gasteiger partial charge on any atom is -0.444 e. The van der Waals surface area contributed by atoms with Crippen LogP contribution in [0.4, 0.5) is 4.79 Å². The minimum absolute atomic E-state index is 0.130. The Balaban J connectivity index is 2.53. The summed E-state index contributed by atoms with van der Waals surface area (Å²) in [5.41, 5.74) is -0.625. The molecule has 0 spiro atoms. The van der Waals surface area contributed by atoms with E-state index in [0.717, 1.165) is 0 Å². The van der Waals surface area contributed by atoms with Crippen LogP contribution in [0.2, 0.25) is 0 Å². The van der Waals surface area contributed by atoms with Gasteiger partial charge < -0.3 is 15.2 Å². The van der Waals surface area contributed by atoms with Gasteiger partial charge in [0, 0.05) is 6.20 Å². The van der Waals surface area contributed by atoms with E-state index in [4.69, 9.17) is 11.2 Å². The Hall–Kier alpha value is -2.07. The Kier molecular flexibility index (Phi) is 4.89. The maximum atomic E-state index is 11.6. The number of ether oxygens (including phenoxy) is 1. The standard InChI is InChI=1S/C12H18N4O3/c1-5-9(14-11(18)19-12(2,3)4)10(17)8-16-7-6-13-15-16/h1,6-7,9-10,17H,8H2,2-4H3,(H,14,18)/t9-,10?/m0/s1. The molecule has 0 aliphatic rings. The van der Waals surface area contributed by atoms with Crippen LogP contribution >= 0.6 is 0 Å². The lowest BCUT2D eigenvalue weighted by atomic mass is 10.1. The van der Waals surface area contributed by atoms with Crippen LogP contribution in [0.3, 0.4) is 0 Å². The zero-order chi connectivity index (χ0) is 14.5. The molecule has 1 rings (SSSR count). The summed E-state index contributed by atoms with van der Waals surface area (Å²) in [5, 5.41) is 19.7. The van der Waals surface area contributed by atoms with Crippen LogP contribution < -0.4 is 5.32 Å². The molecule has 0 radical (unpaired) electrons. The summed E-state index contributed by atoms with van der Waals surface area (Å²) in [6, 6.07) is -0.862. The molecule has 1 aromatic rings. The van der Waals surface area contributed by atoms with Gasteiger partial charge in [-0.1, -0.05) is 11.1 Å². The number of aliphatic hydroxyl groups is 1.